The van der Waals surface area contributed by atoms with Gasteiger partial charge in [0.15, 0.2) is 0 Å². The number of fused-ring (bicyclic) bond motifs is 2. The maximum atomic E-state index is 13.2. The first-order chi connectivity index (χ1) is 15.5. The molecule has 0 N–H and O–H groups in total. The Hall–Kier alpha value is -2.66. The second-order valence-electron chi connectivity index (χ2n) is 9.82. The molecule has 5 nitrogen and oxygen atoms in total. The van der Waals surface area contributed by atoms with Gasteiger partial charge in [0, 0.05) is 30.1 Å². The molecule has 2 heterocycles. The van der Waals surface area contributed by atoms with Gasteiger partial charge in [-0.05, 0) is 75.0 Å². The number of carbonyl (C=O) groups excluding carboxylic acids is 2. The highest BCUT2D eigenvalue weighted by molar-refractivity contribution is 5.98. The number of carbonyl (C=O) groups is 2. The summed E-state index contributed by atoms with van der Waals surface area (Å²) in [5, 5.41) is 0. The fourth-order valence-corrected chi connectivity index (χ4v) is 5.54. The van der Waals surface area contributed by atoms with Crippen molar-refractivity contribution in [2.24, 2.45) is 5.92 Å². The van der Waals surface area contributed by atoms with Crippen LogP contribution in [0.25, 0.3) is 0 Å². The molecule has 168 valence electrons. The average molecular weight is 433 g/mol. The Morgan fingerprint density at radius 2 is 1.78 bits per heavy atom. The fraction of sp³-hybridized carbons (Fsp3) is 0.481. The van der Waals surface area contributed by atoms with Gasteiger partial charge in [-0.2, -0.15) is 0 Å². The first-order valence-corrected chi connectivity index (χ1v) is 11.8. The third-order valence-electron chi connectivity index (χ3n) is 7.79. The van der Waals surface area contributed by atoms with Crippen molar-refractivity contribution in [3.8, 4) is 0 Å². The molecule has 0 aromatic heterocycles. The number of methoxy groups -OCH3 is 1. The Morgan fingerprint density at radius 3 is 2.41 bits per heavy atom. The van der Waals surface area contributed by atoms with E-state index in [1.54, 1.807) is 0 Å². The number of rotatable bonds is 4. The summed E-state index contributed by atoms with van der Waals surface area (Å²) in [6, 6.07) is 14.4. The number of hydrogen-bond donors (Lipinski definition) is 0. The highest BCUT2D eigenvalue weighted by Crippen LogP contribution is 2.48. The van der Waals surface area contributed by atoms with Crippen LogP contribution < -0.4 is 4.90 Å². The van der Waals surface area contributed by atoms with Gasteiger partial charge in [-0.1, -0.05) is 36.2 Å². The zero-order valence-electron chi connectivity index (χ0n) is 19.1. The number of hydrogen-bond acceptors (Lipinski definition) is 4. The van der Waals surface area contributed by atoms with Crippen molar-refractivity contribution in [1.29, 1.82) is 0 Å². The molecule has 1 spiro atoms. The summed E-state index contributed by atoms with van der Waals surface area (Å²) in [6.07, 6.45) is 5.42. The van der Waals surface area contributed by atoms with E-state index in [4.69, 9.17) is 4.74 Å². The van der Waals surface area contributed by atoms with Gasteiger partial charge in [0.1, 0.15) is 0 Å². The molecular weight excluding hydrogens is 400 g/mol. The Kier molecular flexibility index (Phi) is 5.54. The van der Waals surface area contributed by atoms with E-state index < -0.39 is 0 Å². The number of ether oxygens (including phenoxy) is 1. The van der Waals surface area contributed by atoms with E-state index in [1.165, 1.54) is 30.2 Å². The van der Waals surface area contributed by atoms with E-state index in [0.717, 1.165) is 57.5 Å². The first-order valence-electron chi connectivity index (χ1n) is 11.8. The zero-order chi connectivity index (χ0) is 22.3. The van der Waals surface area contributed by atoms with Gasteiger partial charge in [0.05, 0.1) is 12.7 Å². The molecule has 2 fully saturated rings. The van der Waals surface area contributed by atoms with Gasteiger partial charge in [0.25, 0.3) is 0 Å². The second-order valence-corrected chi connectivity index (χ2v) is 9.82. The molecule has 5 rings (SSSR count). The number of esters is 1. The van der Waals surface area contributed by atoms with Gasteiger partial charge in [0.2, 0.25) is 5.91 Å². The van der Waals surface area contributed by atoms with Crippen LogP contribution in [-0.4, -0.2) is 43.5 Å². The van der Waals surface area contributed by atoms with Crippen LogP contribution in [0.1, 0.15) is 59.2 Å². The van der Waals surface area contributed by atoms with E-state index in [1.807, 2.05) is 24.3 Å². The minimum absolute atomic E-state index is 0.0754. The van der Waals surface area contributed by atoms with Crippen LogP contribution in [0.15, 0.2) is 42.5 Å². The van der Waals surface area contributed by atoms with Crippen LogP contribution >= 0.6 is 0 Å². The second kappa shape index (κ2) is 8.36. The van der Waals surface area contributed by atoms with Gasteiger partial charge in [-0.25, -0.2) is 4.79 Å². The van der Waals surface area contributed by atoms with Crippen LogP contribution in [0.3, 0.4) is 0 Å². The highest BCUT2D eigenvalue weighted by atomic mass is 16.5. The number of nitrogens with zero attached hydrogens (tertiary/aromatic N) is 2. The van der Waals surface area contributed by atoms with Gasteiger partial charge in [-0.15, -0.1) is 0 Å². The number of amides is 1. The van der Waals surface area contributed by atoms with Crippen LogP contribution in [0, 0.1) is 12.8 Å². The largest absolute Gasteiger partial charge is 0.465 e. The molecule has 2 aliphatic heterocycles. The molecule has 0 radical (unpaired) electrons. The van der Waals surface area contributed by atoms with Crippen LogP contribution in [0.4, 0.5) is 5.69 Å². The fourth-order valence-electron chi connectivity index (χ4n) is 5.54. The van der Waals surface area contributed by atoms with Crippen LogP contribution in [0.2, 0.25) is 0 Å². The lowest BCUT2D eigenvalue weighted by Crippen LogP contribution is -2.47. The molecular formula is C27H32N2O3. The maximum absolute atomic E-state index is 13.2. The summed E-state index contributed by atoms with van der Waals surface area (Å²) in [4.78, 5) is 29.4. The molecule has 1 aliphatic carbocycles. The molecule has 3 aliphatic rings. The Morgan fingerprint density at radius 1 is 1.06 bits per heavy atom. The summed E-state index contributed by atoms with van der Waals surface area (Å²) >= 11 is 0. The van der Waals surface area contributed by atoms with Crippen molar-refractivity contribution < 1.29 is 14.3 Å². The molecule has 1 amide bonds. The molecule has 2 aromatic carbocycles. The third kappa shape index (κ3) is 3.73. The normalized spacial score (nSPS) is 20.1. The predicted molar refractivity (Wildman–Crippen MR) is 125 cm³/mol. The maximum Gasteiger partial charge on any atom is 0.337 e. The van der Waals surface area contributed by atoms with Crippen molar-refractivity contribution in [1.82, 2.24) is 4.90 Å². The standard InChI is InChI=1S/C27H32N2O3/c1-19-6-11-24-23(16-19)27(18-29(24)25(30)21-4-3-5-21)12-14-28(15-13-27)17-20-7-9-22(10-8-20)26(31)32-2/h6-11,16,21H,3-5,12-15,17-18H2,1-2H3. The Bertz CT molecular complexity index is 1020. The molecule has 0 unspecified atom stereocenters. The van der Waals surface area contributed by atoms with Crippen LogP contribution in [0.5, 0.6) is 0 Å². The summed E-state index contributed by atoms with van der Waals surface area (Å²) < 4.78 is 4.79. The predicted octanol–water partition coefficient (Wildman–Crippen LogP) is 4.46. The number of likely N-dealkylation sites (tertiary alicyclic amines) is 1. The van der Waals surface area contributed by atoms with Gasteiger partial charge >= 0.3 is 5.97 Å². The summed E-state index contributed by atoms with van der Waals surface area (Å²) in [7, 11) is 1.41. The lowest BCUT2D eigenvalue weighted by molar-refractivity contribution is -0.124. The lowest BCUT2D eigenvalue weighted by Gasteiger charge is -2.40. The first kappa shape index (κ1) is 21.2. The van der Waals surface area contributed by atoms with E-state index in [0.29, 0.717) is 11.5 Å². The van der Waals surface area contributed by atoms with Crippen molar-refractivity contribution in [3.05, 3.63) is 64.7 Å². The SMILES string of the molecule is COC(=O)c1ccc(CN2CCC3(CC2)CN(C(=O)C2CCC2)c2ccc(C)cc23)cc1. The number of benzene rings is 2. The number of anilines is 1. The minimum atomic E-state index is -0.298. The quantitative estimate of drug-likeness (QED) is 0.670. The molecule has 5 heteroatoms. The van der Waals surface area contributed by atoms with E-state index in [9.17, 15) is 9.59 Å². The summed E-state index contributed by atoms with van der Waals surface area (Å²) in [6.45, 7) is 5.89. The summed E-state index contributed by atoms with van der Waals surface area (Å²) in [5.74, 6) is 0.270. The molecule has 2 aromatic rings. The van der Waals surface area contributed by atoms with Crippen molar-refractivity contribution >= 4 is 17.6 Å². The molecule has 1 saturated carbocycles. The smallest absolute Gasteiger partial charge is 0.337 e. The molecule has 32 heavy (non-hydrogen) atoms. The minimum Gasteiger partial charge on any atom is -0.465 e. The highest BCUT2D eigenvalue weighted by Gasteiger charge is 2.47. The van der Waals surface area contributed by atoms with E-state index in [2.05, 4.69) is 34.9 Å². The average Bonchev–Trinajstić information content (AvgIpc) is 3.07. The number of piperidine rings is 1. The lowest BCUT2D eigenvalue weighted by atomic mass is 9.74. The topological polar surface area (TPSA) is 49.9 Å². The van der Waals surface area contributed by atoms with Crippen LogP contribution in [-0.2, 0) is 21.5 Å². The van der Waals surface area contributed by atoms with Gasteiger partial charge in [-0.3, -0.25) is 9.69 Å². The van der Waals surface area contributed by atoms with Crippen molar-refractivity contribution in [2.75, 3.05) is 31.6 Å². The molecule has 0 atom stereocenters. The van der Waals surface area contributed by atoms with Crippen molar-refractivity contribution in [3.63, 3.8) is 0 Å². The molecule has 0 bridgehead atoms. The number of aryl methyl sites for hydroxylation is 1. The Balaban J connectivity index is 1.29. The van der Waals surface area contributed by atoms with Crippen molar-refractivity contribution in [2.45, 2.75) is 51.0 Å². The monoisotopic (exact) mass is 432 g/mol. The van der Waals surface area contributed by atoms with E-state index in [-0.39, 0.29) is 17.3 Å². The van der Waals surface area contributed by atoms with Gasteiger partial charge < -0.3 is 9.64 Å². The van der Waals surface area contributed by atoms with E-state index >= 15 is 0 Å². The molecule has 1 saturated heterocycles. The Labute approximate surface area is 190 Å². The zero-order valence-corrected chi connectivity index (χ0v) is 19.1. The summed E-state index contributed by atoms with van der Waals surface area (Å²) in [5.41, 5.74) is 5.67. The third-order valence-corrected chi connectivity index (χ3v) is 7.79.